The van der Waals surface area contributed by atoms with Crippen LogP contribution < -0.4 is 5.32 Å². The highest BCUT2D eigenvalue weighted by molar-refractivity contribution is 4.75. The second kappa shape index (κ2) is 9.80. The van der Waals surface area contributed by atoms with Crippen molar-refractivity contribution in [1.82, 2.24) is 10.2 Å². The molecule has 0 aromatic heterocycles. The Morgan fingerprint density at radius 1 is 1.11 bits per heavy atom. The molecule has 0 aromatic carbocycles. The fourth-order valence-corrected chi connectivity index (χ4v) is 2.83. The highest BCUT2D eigenvalue weighted by Gasteiger charge is 2.17. The van der Waals surface area contributed by atoms with E-state index < -0.39 is 0 Å². The van der Waals surface area contributed by atoms with Crippen molar-refractivity contribution < 1.29 is 0 Å². The fourth-order valence-electron chi connectivity index (χ4n) is 2.83. The Morgan fingerprint density at radius 3 is 2.61 bits per heavy atom. The Hall–Kier alpha value is -0.0800. The normalized spacial score (nSPS) is 21.7. The lowest BCUT2D eigenvalue weighted by atomic mass is 10.0. The summed E-state index contributed by atoms with van der Waals surface area (Å²) in [5.74, 6) is 0.880. The van der Waals surface area contributed by atoms with E-state index in [-0.39, 0.29) is 0 Å². The second-order valence-corrected chi connectivity index (χ2v) is 6.43. The van der Waals surface area contributed by atoms with Crippen LogP contribution in [0, 0.1) is 5.92 Å². The maximum atomic E-state index is 3.64. The number of piperidine rings is 1. The van der Waals surface area contributed by atoms with Gasteiger partial charge in [0.2, 0.25) is 0 Å². The minimum absolute atomic E-state index is 0.791. The molecule has 0 radical (unpaired) electrons. The van der Waals surface area contributed by atoms with Gasteiger partial charge < -0.3 is 10.2 Å². The number of nitrogens with one attached hydrogen (secondary N) is 1. The van der Waals surface area contributed by atoms with Gasteiger partial charge in [-0.1, -0.05) is 46.0 Å². The van der Waals surface area contributed by atoms with Gasteiger partial charge in [0.15, 0.2) is 0 Å². The molecule has 1 saturated heterocycles. The molecule has 0 spiro atoms. The SMILES string of the molecule is CC(C)CCCCCCNCC1CCCCN1C. The maximum absolute atomic E-state index is 3.64. The molecule has 1 atom stereocenters. The number of likely N-dealkylation sites (N-methyl/N-ethyl adjacent to an activating group) is 1. The number of hydrogen-bond donors (Lipinski definition) is 1. The third kappa shape index (κ3) is 7.38. The van der Waals surface area contributed by atoms with Gasteiger partial charge in [-0.2, -0.15) is 0 Å². The van der Waals surface area contributed by atoms with Gasteiger partial charge in [0.25, 0.3) is 0 Å². The molecular formula is C16H34N2. The lowest BCUT2D eigenvalue weighted by Gasteiger charge is -2.32. The van der Waals surface area contributed by atoms with E-state index in [0.717, 1.165) is 12.0 Å². The lowest BCUT2D eigenvalue weighted by molar-refractivity contribution is 0.181. The molecule has 0 aromatic rings. The molecule has 1 fully saturated rings. The minimum atomic E-state index is 0.791. The molecule has 0 amide bonds. The maximum Gasteiger partial charge on any atom is 0.0217 e. The standard InChI is InChI=1S/C16H34N2/c1-15(2)10-6-4-5-8-12-17-14-16-11-7-9-13-18(16)3/h15-17H,4-14H2,1-3H3. The zero-order chi connectivity index (χ0) is 13.2. The number of rotatable bonds is 9. The van der Waals surface area contributed by atoms with Crippen LogP contribution >= 0.6 is 0 Å². The van der Waals surface area contributed by atoms with Crippen molar-refractivity contribution in [1.29, 1.82) is 0 Å². The molecule has 1 aliphatic rings. The van der Waals surface area contributed by atoms with Gasteiger partial charge in [-0.05, 0) is 45.3 Å². The van der Waals surface area contributed by atoms with Crippen LogP contribution in [0.3, 0.4) is 0 Å². The summed E-state index contributed by atoms with van der Waals surface area (Å²) in [6.07, 6.45) is 11.2. The van der Waals surface area contributed by atoms with Crippen molar-refractivity contribution in [2.45, 2.75) is 71.3 Å². The minimum Gasteiger partial charge on any atom is -0.315 e. The van der Waals surface area contributed by atoms with E-state index >= 15 is 0 Å². The summed E-state index contributed by atoms with van der Waals surface area (Å²) in [5, 5.41) is 3.64. The molecule has 0 aliphatic carbocycles. The molecule has 18 heavy (non-hydrogen) atoms. The average Bonchev–Trinajstić information content (AvgIpc) is 2.34. The quantitative estimate of drug-likeness (QED) is 0.632. The fraction of sp³-hybridized carbons (Fsp3) is 1.00. The van der Waals surface area contributed by atoms with Crippen LogP contribution in [0.1, 0.15) is 65.2 Å². The average molecular weight is 254 g/mol. The van der Waals surface area contributed by atoms with E-state index in [9.17, 15) is 0 Å². The predicted molar refractivity (Wildman–Crippen MR) is 81.1 cm³/mol. The molecule has 1 rings (SSSR count). The summed E-state index contributed by atoms with van der Waals surface area (Å²) in [7, 11) is 2.28. The summed E-state index contributed by atoms with van der Waals surface area (Å²) in [6.45, 7) is 8.35. The summed E-state index contributed by atoms with van der Waals surface area (Å²) in [4.78, 5) is 2.53. The van der Waals surface area contributed by atoms with Gasteiger partial charge in [-0.15, -0.1) is 0 Å². The molecule has 0 saturated carbocycles. The zero-order valence-electron chi connectivity index (χ0n) is 12.9. The summed E-state index contributed by atoms with van der Waals surface area (Å²) >= 11 is 0. The Bertz CT molecular complexity index is 192. The van der Waals surface area contributed by atoms with Crippen LogP contribution in [0.4, 0.5) is 0 Å². The van der Waals surface area contributed by atoms with E-state index in [4.69, 9.17) is 0 Å². The zero-order valence-corrected chi connectivity index (χ0v) is 12.9. The molecule has 1 heterocycles. The van der Waals surface area contributed by atoms with Crippen LogP contribution in [0.2, 0.25) is 0 Å². The Morgan fingerprint density at radius 2 is 1.89 bits per heavy atom. The first kappa shape index (κ1) is 16.0. The van der Waals surface area contributed by atoms with Crippen molar-refractivity contribution in [3.8, 4) is 0 Å². The van der Waals surface area contributed by atoms with Crippen molar-refractivity contribution in [2.24, 2.45) is 5.92 Å². The summed E-state index contributed by atoms with van der Waals surface area (Å²) in [6, 6.07) is 0.791. The molecule has 1 N–H and O–H groups in total. The van der Waals surface area contributed by atoms with Crippen LogP contribution in [0.15, 0.2) is 0 Å². The highest BCUT2D eigenvalue weighted by atomic mass is 15.2. The van der Waals surface area contributed by atoms with Crippen LogP contribution in [0.25, 0.3) is 0 Å². The van der Waals surface area contributed by atoms with Crippen LogP contribution in [0.5, 0.6) is 0 Å². The van der Waals surface area contributed by atoms with E-state index in [1.807, 2.05) is 0 Å². The third-order valence-corrected chi connectivity index (χ3v) is 4.19. The molecule has 1 aliphatic heterocycles. The van der Waals surface area contributed by atoms with Crippen LogP contribution in [-0.4, -0.2) is 37.6 Å². The van der Waals surface area contributed by atoms with E-state index in [1.54, 1.807) is 0 Å². The second-order valence-electron chi connectivity index (χ2n) is 6.43. The summed E-state index contributed by atoms with van der Waals surface area (Å²) in [5.41, 5.74) is 0. The topological polar surface area (TPSA) is 15.3 Å². The Balaban J connectivity index is 1.86. The van der Waals surface area contributed by atoms with Crippen molar-refractivity contribution >= 4 is 0 Å². The van der Waals surface area contributed by atoms with E-state index in [2.05, 4.69) is 31.1 Å². The molecule has 2 heteroatoms. The molecule has 2 nitrogen and oxygen atoms in total. The van der Waals surface area contributed by atoms with Gasteiger partial charge in [-0.25, -0.2) is 0 Å². The van der Waals surface area contributed by atoms with Crippen molar-refractivity contribution in [3.05, 3.63) is 0 Å². The smallest absolute Gasteiger partial charge is 0.0217 e. The third-order valence-electron chi connectivity index (χ3n) is 4.19. The van der Waals surface area contributed by atoms with Gasteiger partial charge in [0.05, 0.1) is 0 Å². The van der Waals surface area contributed by atoms with Gasteiger partial charge >= 0.3 is 0 Å². The molecule has 108 valence electrons. The number of nitrogens with zero attached hydrogens (tertiary/aromatic N) is 1. The number of hydrogen-bond acceptors (Lipinski definition) is 2. The lowest BCUT2D eigenvalue weighted by Crippen LogP contribution is -2.43. The van der Waals surface area contributed by atoms with E-state index in [1.165, 1.54) is 71.0 Å². The molecular weight excluding hydrogens is 220 g/mol. The molecule has 0 bridgehead atoms. The van der Waals surface area contributed by atoms with E-state index in [0.29, 0.717) is 0 Å². The largest absolute Gasteiger partial charge is 0.315 e. The Labute approximate surface area is 115 Å². The first-order valence-electron chi connectivity index (χ1n) is 8.11. The van der Waals surface area contributed by atoms with Gasteiger partial charge in [-0.3, -0.25) is 0 Å². The Kier molecular flexibility index (Phi) is 8.70. The number of likely N-dealkylation sites (tertiary alicyclic amines) is 1. The first-order chi connectivity index (χ1) is 8.70. The first-order valence-corrected chi connectivity index (χ1v) is 8.11. The summed E-state index contributed by atoms with van der Waals surface area (Å²) < 4.78 is 0. The van der Waals surface area contributed by atoms with Gasteiger partial charge in [0.1, 0.15) is 0 Å². The van der Waals surface area contributed by atoms with Crippen molar-refractivity contribution in [3.63, 3.8) is 0 Å². The molecule has 1 unspecified atom stereocenters. The number of unbranched alkanes of at least 4 members (excludes halogenated alkanes) is 3. The highest BCUT2D eigenvalue weighted by Crippen LogP contribution is 2.14. The monoisotopic (exact) mass is 254 g/mol. The van der Waals surface area contributed by atoms with Gasteiger partial charge in [0, 0.05) is 12.6 Å². The van der Waals surface area contributed by atoms with Crippen molar-refractivity contribution in [2.75, 3.05) is 26.7 Å². The van der Waals surface area contributed by atoms with Crippen LogP contribution in [-0.2, 0) is 0 Å². The predicted octanol–water partition coefficient (Wildman–Crippen LogP) is 3.67.